The van der Waals surface area contributed by atoms with E-state index in [1.807, 2.05) is 6.92 Å². The maximum atomic E-state index is 13.2. The molecule has 0 aliphatic carbocycles. The molecule has 0 saturated carbocycles. The highest BCUT2D eigenvalue weighted by Gasteiger charge is 2.13. The van der Waals surface area contributed by atoms with E-state index >= 15 is 0 Å². The third-order valence-corrected chi connectivity index (χ3v) is 2.33. The Labute approximate surface area is 107 Å². The van der Waals surface area contributed by atoms with Gasteiger partial charge < -0.3 is 10.5 Å². The first-order valence-corrected chi connectivity index (χ1v) is 5.31. The minimum Gasteiger partial charge on any atom is -0.410 e. The molecule has 7 heteroatoms. The summed E-state index contributed by atoms with van der Waals surface area (Å²) in [4.78, 5) is 26.2. The van der Waals surface area contributed by atoms with Gasteiger partial charge in [0.05, 0.1) is 6.20 Å². The molecule has 1 aromatic carbocycles. The SMILES string of the molecule is Cc1ccc(OC(=O)n2cc(F)c(N)nc2=O)cc1. The van der Waals surface area contributed by atoms with Crippen LogP contribution in [0.3, 0.4) is 0 Å². The Hall–Kier alpha value is -2.70. The normalized spacial score (nSPS) is 10.2. The van der Waals surface area contributed by atoms with Crippen molar-refractivity contribution in [1.82, 2.24) is 9.55 Å². The molecule has 0 aliphatic heterocycles. The molecule has 0 bridgehead atoms. The lowest BCUT2D eigenvalue weighted by molar-refractivity contribution is 0.200. The number of halogens is 1. The van der Waals surface area contributed by atoms with E-state index in [0.29, 0.717) is 10.8 Å². The second-order valence-corrected chi connectivity index (χ2v) is 3.81. The van der Waals surface area contributed by atoms with Gasteiger partial charge in [-0.1, -0.05) is 17.7 Å². The average molecular weight is 263 g/mol. The zero-order valence-electron chi connectivity index (χ0n) is 9.96. The summed E-state index contributed by atoms with van der Waals surface area (Å²) in [7, 11) is 0. The van der Waals surface area contributed by atoms with Crippen molar-refractivity contribution in [3.63, 3.8) is 0 Å². The van der Waals surface area contributed by atoms with E-state index in [4.69, 9.17) is 10.5 Å². The van der Waals surface area contributed by atoms with Crippen LogP contribution in [0.25, 0.3) is 0 Å². The summed E-state index contributed by atoms with van der Waals surface area (Å²) in [5, 5.41) is 0. The zero-order chi connectivity index (χ0) is 14.0. The smallest absolute Gasteiger partial charge is 0.410 e. The molecule has 0 aliphatic rings. The second kappa shape index (κ2) is 4.89. The molecule has 2 rings (SSSR count). The number of ether oxygens (including phenoxy) is 1. The minimum atomic E-state index is -1.06. The molecule has 0 atom stereocenters. The summed E-state index contributed by atoms with van der Waals surface area (Å²) in [6.07, 6.45) is -0.415. The number of aryl methyl sites for hydroxylation is 1. The van der Waals surface area contributed by atoms with Gasteiger partial charge in [-0.15, -0.1) is 0 Å². The van der Waals surface area contributed by atoms with Crippen LogP contribution in [-0.4, -0.2) is 15.6 Å². The number of aromatic nitrogens is 2. The molecule has 2 aromatic rings. The number of carbonyl (C=O) groups is 1. The van der Waals surface area contributed by atoms with E-state index < -0.39 is 23.4 Å². The quantitative estimate of drug-likeness (QED) is 0.838. The summed E-state index contributed by atoms with van der Waals surface area (Å²) >= 11 is 0. The molecule has 19 heavy (non-hydrogen) atoms. The summed E-state index contributed by atoms with van der Waals surface area (Å²) in [5.74, 6) is -1.30. The van der Waals surface area contributed by atoms with Gasteiger partial charge in [0, 0.05) is 0 Å². The van der Waals surface area contributed by atoms with Crippen LogP contribution in [0.15, 0.2) is 35.3 Å². The maximum absolute atomic E-state index is 13.2. The van der Waals surface area contributed by atoms with Gasteiger partial charge in [-0.05, 0) is 19.1 Å². The Balaban J connectivity index is 2.28. The molecule has 1 aromatic heterocycles. The molecule has 0 saturated heterocycles. The summed E-state index contributed by atoms with van der Waals surface area (Å²) in [5.41, 5.74) is 5.09. The average Bonchev–Trinajstić information content (AvgIpc) is 2.36. The highest BCUT2D eigenvalue weighted by Crippen LogP contribution is 2.12. The van der Waals surface area contributed by atoms with Crippen molar-refractivity contribution in [2.24, 2.45) is 0 Å². The summed E-state index contributed by atoms with van der Waals surface area (Å²) < 4.78 is 18.5. The fourth-order valence-electron chi connectivity index (χ4n) is 1.33. The van der Waals surface area contributed by atoms with Crippen molar-refractivity contribution < 1.29 is 13.9 Å². The molecule has 0 radical (unpaired) electrons. The Morgan fingerprint density at radius 2 is 2.00 bits per heavy atom. The molecule has 0 spiro atoms. The van der Waals surface area contributed by atoms with Gasteiger partial charge in [-0.3, -0.25) is 0 Å². The largest absolute Gasteiger partial charge is 0.427 e. The standard InChI is InChI=1S/C12H10FN3O3/c1-7-2-4-8(5-3-7)19-12(18)16-6-9(13)10(14)15-11(16)17/h2-6H,1H3,(H2,14,15,17). The molecule has 0 unspecified atom stereocenters. The Kier molecular flexibility index (Phi) is 3.28. The number of hydrogen-bond donors (Lipinski definition) is 1. The summed E-state index contributed by atoms with van der Waals surface area (Å²) in [6, 6.07) is 6.57. The lowest BCUT2D eigenvalue weighted by atomic mass is 10.2. The van der Waals surface area contributed by atoms with E-state index in [9.17, 15) is 14.0 Å². The van der Waals surface area contributed by atoms with Crippen molar-refractivity contribution in [3.05, 3.63) is 52.3 Å². The van der Waals surface area contributed by atoms with Gasteiger partial charge in [0.1, 0.15) is 5.75 Å². The van der Waals surface area contributed by atoms with Crippen molar-refractivity contribution >= 4 is 11.9 Å². The molecule has 2 N–H and O–H groups in total. The van der Waals surface area contributed by atoms with Crippen LogP contribution in [0.1, 0.15) is 5.56 Å². The van der Waals surface area contributed by atoms with Crippen LogP contribution < -0.4 is 16.2 Å². The number of anilines is 1. The van der Waals surface area contributed by atoms with Crippen LogP contribution in [0, 0.1) is 12.7 Å². The van der Waals surface area contributed by atoms with Gasteiger partial charge in [0.15, 0.2) is 11.6 Å². The monoisotopic (exact) mass is 263 g/mol. The van der Waals surface area contributed by atoms with Crippen LogP contribution in [-0.2, 0) is 0 Å². The highest BCUT2D eigenvalue weighted by atomic mass is 19.1. The third-order valence-electron chi connectivity index (χ3n) is 2.33. The maximum Gasteiger partial charge on any atom is 0.427 e. The van der Waals surface area contributed by atoms with Crippen LogP contribution >= 0.6 is 0 Å². The second-order valence-electron chi connectivity index (χ2n) is 3.81. The van der Waals surface area contributed by atoms with E-state index in [1.54, 1.807) is 24.3 Å². The first-order chi connectivity index (χ1) is 8.97. The number of carbonyl (C=O) groups excluding carboxylic acids is 1. The lowest BCUT2D eigenvalue weighted by Gasteiger charge is -2.06. The Morgan fingerprint density at radius 1 is 1.37 bits per heavy atom. The molecule has 6 nitrogen and oxygen atoms in total. The van der Waals surface area contributed by atoms with Crippen LogP contribution in [0.2, 0.25) is 0 Å². The van der Waals surface area contributed by atoms with Crippen molar-refractivity contribution in [1.29, 1.82) is 0 Å². The number of nitrogens with two attached hydrogens (primary N) is 1. The Morgan fingerprint density at radius 3 is 2.63 bits per heavy atom. The minimum absolute atomic E-state index is 0.236. The number of nitrogen functional groups attached to an aromatic ring is 1. The number of hydrogen-bond acceptors (Lipinski definition) is 5. The predicted octanol–water partition coefficient (Wildman–Crippen LogP) is 1.32. The fourth-order valence-corrected chi connectivity index (χ4v) is 1.33. The van der Waals surface area contributed by atoms with Gasteiger partial charge in [0.25, 0.3) is 0 Å². The van der Waals surface area contributed by atoms with E-state index in [-0.39, 0.29) is 5.75 Å². The van der Waals surface area contributed by atoms with E-state index in [0.717, 1.165) is 5.56 Å². The summed E-state index contributed by atoms with van der Waals surface area (Å²) in [6.45, 7) is 1.87. The Bertz CT molecular complexity index is 680. The lowest BCUT2D eigenvalue weighted by Crippen LogP contribution is -2.32. The number of rotatable bonds is 1. The van der Waals surface area contributed by atoms with Gasteiger partial charge in [-0.25, -0.2) is 14.0 Å². The van der Waals surface area contributed by atoms with Crippen LogP contribution in [0.4, 0.5) is 15.0 Å². The molecule has 0 fully saturated rings. The van der Waals surface area contributed by atoms with Crippen LogP contribution in [0.5, 0.6) is 5.75 Å². The molecule has 98 valence electrons. The molecule has 0 amide bonds. The third kappa shape index (κ3) is 2.76. The van der Waals surface area contributed by atoms with E-state index in [2.05, 4.69) is 4.98 Å². The molecule has 1 heterocycles. The van der Waals surface area contributed by atoms with Gasteiger partial charge in [0.2, 0.25) is 0 Å². The van der Waals surface area contributed by atoms with Gasteiger partial charge in [-0.2, -0.15) is 9.55 Å². The zero-order valence-corrected chi connectivity index (χ0v) is 9.96. The number of benzene rings is 1. The van der Waals surface area contributed by atoms with Crippen molar-refractivity contribution in [2.75, 3.05) is 5.73 Å². The topological polar surface area (TPSA) is 87.2 Å². The number of nitrogens with zero attached hydrogens (tertiary/aromatic N) is 2. The van der Waals surface area contributed by atoms with Gasteiger partial charge >= 0.3 is 11.8 Å². The molecular weight excluding hydrogens is 253 g/mol. The fraction of sp³-hybridized carbons (Fsp3) is 0.0833. The van der Waals surface area contributed by atoms with Crippen molar-refractivity contribution in [3.8, 4) is 5.75 Å². The highest BCUT2D eigenvalue weighted by molar-refractivity contribution is 5.73. The predicted molar refractivity (Wildman–Crippen MR) is 65.5 cm³/mol. The van der Waals surface area contributed by atoms with Crippen molar-refractivity contribution in [2.45, 2.75) is 6.92 Å². The first-order valence-electron chi connectivity index (χ1n) is 5.31. The van der Waals surface area contributed by atoms with E-state index in [1.165, 1.54) is 0 Å². The first kappa shape index (κ1) is 12.7. The molecular formula is C12H10FN3O3.